The molecule has 2 aliphatic heterocycles. The molecule has 0 radical (unpaired) electrons. The second-order valence-electron chi connectivity index (χ2n) is 6.18. The summed E-state index contributed by atoms with van der Waals surface area (Å²) < 4.78 is 0. The van der Waals surface area contributed by atoms with E-state index in [-0.39, 0.29) is 11.8 Å². The highest BCUT2D eigenvalue weighted by Gasteiger charge is 2.42. The average molecular weight is 300 g/mol. The Morgan fingerprint density at radius 1 is 1.32 bits per heavy atom. The van der Waals surface area contributed by atoms with Crippen molar-refractivity contribution in [2.24, 2.45) is 16.8 Å². The minimum Gasteiger partial charge on any atom is -0.480 e. The Morgan fingerprint density at radius 2 is 2.05 bits per heavy atom. The number of rotatable bonds is 1. The minimum atomic E-state index is -1.19. The summed E-state index contributed by atoms with van der Waals surface area (Å²) in [7, 11) is 0. The number of carbonyl (C=O) groups is 2. The number of piperidine rings is 1. The quantitative estimate of drug-likeness (QED) is 0.810. The van der Waals surface area contributed by atoms with Gasteiger partial charge in [0.25, 0.3) is 0 Å². The molecule has 3 rings (SSSR count). The van der Waals surface area contributed by atoms with Gasteiger partial charge in [0.05, 0.1) is 5.69 Å². The molecule has 3 unspecified atom stereocenters. The van der Waals surface area contributed by atoms with Gasteiger partial charge in [0.2, 0.25) is 0 Å². The molecule has 116 valence electrons. The number of nitrogens with zero attached hydrogens (tertiary/aromatic N) is 2. The number of Topliss-reactive ketones (excluding diaryl/α,β-unsaturated/α-hetero) is 1. The number of carboxylic acids is 1. The van der Waals surface area contributed by atoms with Crippen molar-refractivity contribution in [1.82, 2.24) is 4.90 Å². The number of likely N-dealkylation sites (tertiary alicyclic amines) is 1. The zero-order valence-corrected chi connectivity index (χ0v) is 12.8. The van der Waals surface area contributed by atoms with Crippen LogP contribution in [-0.4, -0.2) is 40.2 Å². The van der Waals surface area contributed by atoms with E-state index in [2.05, 4.69) is 18.8 Å². The first-order chi connectivity index (χ1) is 10.5. The Hall–Kier alpha value is -2.17. The van der Waals surface area contributed by atoms with Gasteiger partial charge >= 0.3 is 5.97 Å². The van der Waals surface area contributed by atoms with Gasteiger partial charge in [-0.05, 0) is 37.8 Å². The van der Waals surface area contributed by atoms with Crippen molar-refractivity contribution in [3.63, 3.8) is 0 Å². The Labute approximate surface area is 129 Å². The van der Waals surface area contributed by atoms with Gasteiger partial charge in [0.15, 0.2) is 11.7 Å². The Kier molecular flexibility index (Phi) is 3.72. The highest BCUT2D eigenvalue weighted by Crippen LogP contribution is 2.33. The van der Waals surface area contributed by atoms with E-state index in [1.807, 2.05) is 11.0 Å². The number of carboxylic acid groups (broad SMARTS) is 1. The summed E-state index contributed by atoms with van der Waals surface area (Å²) in [6, 6.07) is 7.16. The van der Waals surface area contributed by atoms with Crippen LogP contribution in [0.1, 0.15) is 37.0 Å². The van der Waals surface area contributed by atoms with Gasteiger partial charge < -0.3 is 10.0 Å². The summed E-state index contributed by atoms with van der Waals surface area (Å²) in [5, 5.41) is 9.56. The molecule has 0 aromatic heterocycles. The summed E-state index contributed by atoms with van der Waals surface area (Å²) in [6.45, 7) is 4.99. The summed E-state index contributed by atoms with van der Waals surface area (Å²) in [4.78, 5) is 30.9. The lowest BCUT2D eigenvalue weighted by molar-refractivity contribution is -0.138. The van der Waals surface area contributed by atoms with Crippen molar-refractivity contribution in [3.8, 4) is 0 Å². The SMILES string of the molecule is CC1CCCN(C2=Nc3ccccc3C(=O)C2C(=O)O)C1C. The lowest BCUT2D eigenvalue weighted by Gasteiger charge is -2.42. The number of hydrogen-bond acceptors (Lipinski definition) is 4. The molecule has 1 fully saturated rings. The van der Waals surface area contributed by atoms with Crippen molar-refractivity contribution >= 4 is 23.3 Å². The molecule has 0 spiro atoms. The van der Waals surface area contributed by atoms with Gasteiger partial charge in [-0.3, -0.25) is 9.59 Å². The number of carbonyl (C=O) groups excluding carboxylic acids is 1. The van der Waals surface area contributed by atoms with Crippen molar-refractivity contribution in [2.75, 3.05) is 6.54 Å². The molecule has 0 amide bonds. The summed E-state index contributed by atoms with van der Waals surface area (Å²) in [5.41, 5.74) is 0.974. The molecular weight excluding hydrogens is 280 g/mol. The van der Waals surface area contributed by atoms with Crippen LogP contribution in [-0.2, 0) is 4.79 Å². The predicted octanol–water partition coefficient (Wildman–Crippen LogP) is 2.73. The zero-order chi connectivity index (χ0) is 15.9. The molecule has 0 bridgehead atoms. The third-order valence-corrected chi connectivity index (χ3v) is 4.84. The fourth-order valence-corrected chi connectivity index (χ4v) is 3.35. The van der Waals surface area contributed by atoms with E-state index in [0.717, 1.165) is 19.4 Å². The molecule has 1 aromatic rings. The molecule has 22 heavy (non-hydrogen) atoms. The number of amidine groups is 1. The zero-order valence-electron chi connectivity index (χ0n) is 12.8. The first kappa shape index (κ1) is 14.8. The van der Waals surface area contributed by atoms with Crippen LogP contribution >= 0.6 is 0 Å². The highest BCUT2D eigenvalue weighted by molar-refractivity contribution is 6.26. The molecule has 5 nitrogen and oxygen atoms in total. The number of aliphatic carboxylic acids is 1. The second-order valence-corrected chi connectivity index (χ2v) is 6.18. The number of hydrogen-bond donors (Lipinski definition) is 1. The largest absolute Gasteiger partial charge is 0.480 e. The Balaban J connectivity index is 2.09. The summed E-state index contributed by atoms with van der Waals surface area (Å²) in [6.07, 6.45) is 2.11. The number of fused-ring (bicyclic) bond motifs is 1. The van der Waals surface area contributed by atoms with E-state index in [9.17, 15) is 14.7 Å². The van der Waals surface area contributed by atoms with Crippen LogP contribution in [0.15, 0.2) is 29.3 Å². The highest BCUT2D eigenvalue weighted by atomic mass is 16.4. The van der Waals surface area contributed by atoms with Crippen LogP contribution in [0, 0.1) is 11.8 Å². The maximum Gasteiger partial charge on any atom is 0.322 e. The standard InChI is InChI=1S/C17H20N2O3/c1-10-6-5-9-19(11(10)2)16-14(17(21)22)15(20)12-7-3-4-8-13(12)18-16/h3-4,7-8,10-11,14H,5-6,9H2,1-2H3,(H,21,22). The van der Waals surface area contributed by atoms with Gasteiger partial charge in [-0.1, -0.05) is 19.1 Å². The third kappa shape index (κ3) is 2.30. The fraction of sp³-hybridized carbons (Fsp3) is 0.471. The van der Waals surface area contributed by atoms with Gasteiger partial charge in [0.1, 0.15) is 5.84 Å². The molecule has 3 atom stereocenters. The van der Waals surface area contributed by atoms with E-state index in [0.29, 0.717) is 23.0 Å². The van der Waals surface area contributed by atoms with E-state index < -0.39 is 11.9 Å². The summed E-state index contributed by atoms with van der Waals surface area (Å²) in [5.74, 6) is -1.82. The van der Waals surface area contributed by atoms with Gasteiger partial charge in [-0.15, -0.1) is 0 Å². The lowest BCUT2D eigenvalue weighted by Crippen LogP contribution is -2.52. The average Bonchev–Trinajstić information content (AvgIpc) is 2.49. The Bertz CT molecular complexity index is 653. The smallest absolute Gasteiger partial charge is 0.322 e. The van der Waals surface area contributed by atoms with Crippen LogP contribution in [0.3, 0.4) is 0 Å². The van der Waals surface area contributed by atoms with Gasteiger partial charge in [-0.2, -0.15) is 0 Å². The number of para-hydroxylation sites is 1. The lowest BCUT2D eigenvalue weighted by atomic mass is 9.87. The van der Waals surface area contributed by atoms with E-state index in [1.165, 1.54) is 0 Å². The molecule has 1 aromatic carbocycles. The maximum absolute atomic E-state index is 12.6. The fourth-order valence-electron chi connectivity index (χ4n) is 3.35. The van der Waals surface area contributed by atoms with E-state index >= 15 is 0 Å². The van der Waals surface area contributed by atoms with Crippen LogP contribution in [0.2, 0.25) is 0 Å². The molecule has 1 saturated heterocycles. The topological polar surface area (TPSA) is 70.0 Å². The molecular formula is C17H20N2O3. The van der Waals surface area contributed by atoms with E-state index in [1.54, 1.807) is 18.2 Å². The van der Waals surface area contributed by atoms with Crippen LogP contribution in [0.5, 0.6) is 0 Å². The van der Waals surface area contributed by atoms with Gasteiger partial charge in [-0.25, -0.2) is 4.99 Å². The first-order valence-corrected chi connectivity index (χ1v) is 7.72. The molecule has 0 saturated carbocycles. The van der Waals surface area contributed by atoms with Crippen LogP contribution < -0.4 is 0 Å². The van der Waals surface area contributed by atoms with Crippen molar-refractivity contribution in [1.29, 1.82) is 0 Å². The molecule has 1 N–H and O–H groups in total. The predicted molar refractivity (Wildman–Crippen MR) is 83.6 cm³/mol. The van der Waals surface area contributed by atoms with Crippen molar-refractivity contribution in [2.45, 2.75) is 32.7 Å². The third-order valence-electron chi connectivity index (χ3n) is 4.84. The normalized spacial score (nSPS) is 28.1. The number of ketones is 1. The van der Waals surface area contributed by atoms with Crippen molar-refractivity contribution < 1.29 is 14.7 Å². The first-order valence-electron chi connectivity index (χ1n) is 7.72. The Morgan fingerprint density at radius 3 is 2.77 bits per heavy atom. The monoisotopic (exact) mass is 300 g/mol. The van der Waals surface area contributed by atoms with Gasteiger partial charge in [0, 0.05) is 18.2 Å². The molecule has 0 aliphatic carbocycles. The van der Waals surface area contributed by atoms with Crippen LogP contribution in [0.4, 0.5) is 5.69 Å². The number of benzene rings is 1. The minimum absolute atomic E-state index is 0.187. The molecule has 2 heterocycles. The molecule has 5 heteroatoms. The van der Waals surface area contributed by atoms with E-state index in [4.69, 9.17) is 0 Å². The number of aliphatic imine (C=N–C) groups is 1. The van der Waals surface area contributed by atoms with Crippen molar-refractivity contribution in [3.05, 3.63) is 29.8 Å². The van der Waals surface area contributed by atoms with Crippen LogP contribution in [0.25, 0.3) is 0 Å². The maximum atomic E-state index is 12.6. The molecule has 2 aliphatic rings. The summed E-state index contributed by atoms with van der Waals surface area (Å²) >= 11 is 0. The second kappa shape index (κ2) is 5.55.